The molecule has 0 bridgehead atoms. The molecule has 0 aliphatic rings. The van der Waals surface area contributed by atoms with E-state index in [1.54, 1.807) is 0 Å². The number of benzene rings is 7. The third-order valence-corrected chi connectivity index (χ3v) is 24.0. The smallest absolute Gasteiger partial charge is 0.319 e. The molecule has 1 N–H and O–H groups in total. The Hall–Kier alpha value is -5.63. The Morgan fingerprint density at radius 2 is 0.594 bits per heavy atom. The molecule has 0 fully saturated rings. The summed E-state index contributed by atoms with van der Waals surface area (Å²) in [5, 5.41) is 17.4. The molecule has 0 aromatic heterocycles. The first-order valence-corrected chi connectivity index (χ1v) is 28.8. The Morgan fingerprint density at radius 1 is 0.333 bits per heavy atom. The van der Waals surface area contributed by atoms with Crippen molar-refractivity contribution in [2.45, 2.75) is 143 Å². The van der Waals surface area contributed by atoms with Crippen LogP contribution in [-0.2, 0) is 29.1 Å². The van der Waals surface area contributed by atoms with Crippen LogP contribution in [0.5, 0.6) is 17.2 Å². The molecule has 0 aliphatic heterocycles. The highest BCUT2D eigenvalue weighted by Gasteiger charge is 2.53. The zero-order valence-corrected chi connectivity index (χ0v) is 46.3. The van der Waals surface area contributed by atoms with Gasteiger partial charge in [-0.25, -0.2) is 0 Å². The highest BCUT2D eigenvalue weighted by atomic mass is 28.4. The van der Waals surface area contributed by atoms with E-state index in [2.05, 4.69) is 274 Å². The van der Waals surface area contributed by atoms with E-state index >= 15 is 0 Å². The van der Waals surface area contributed by atoms with Crippen LogP contribution in [0.3, 0.4) is 0 Å². The molecule has 0 amide bonds. The lowest BCUT2D eigenvalue weighted by Crippen LogP contribution is -2.68. The van der Waals surface area contributed by atoms with Crippen molar-refractivity contribution in [3.8, 4) is 17.2 Å². The molecule has 7 rings (SSSR count). The zero-order chi connectivity index (χ0) is 50.2. The first kappa shape index (κ1) is 51.2. The van der Waals surface area contributed by atoms with Crippen LogP contribution in [0.15, 0.2) is 170 Å². The molecular weight excluding hydrogens is 873 g/mol. The Bertz CT molecular complexity index is 2570. The molecule has 0 unspecified atom stereocenters. The van der Waals surface area contributed by atoms with Crippen molar-refractivity contribution in [3.05, 3.63) is 209 Å². The molecule has 0 saturated carbocycles. The van der Waals surface area contributed by atoms with Crippen LogP contribution >= 0.6 is 0 Å². The fourth-order valence-electron chi connectivity index (χ4n) is 10.1. The maximum absolute atomic E-state index is 12.9. The lowest BCUT2D eigenvalue weighted by Gasteiger charge is -2.43. The Morgan fingerprint density at radius 3 is 0.841 bits per heavy atom. The third kappa shape index (κ3) is 10.6. The summed E-state index contributed by atoms with van der Waals surface area (Å²) in [4.78, 5) is 0. The number of hydrogen-bond donors (Lipinski definition) is 1. The second-order valence-electron chi connectivity index (χ2n) is 24.4. The number of aromatic hydroxyl groups is 1. The summed E-state index contributed by atoms with van der Waals surface area (Å²) < 4.78 is 15.7. The molecule has 7 aromatic rings. The second kappa shape index (κ2) is 19.3. The first-order valence-electron chi connectivity index (χ1n) is 25.0. The molecule has 0 heterocycles. The summed E-state index contributed by atoms with van der Waals surface area (Å²) in [7, 11) is -6.00. The third-order valence-electron chi connectivity index (χ3n) is 14.1. The fourth-order valence-corrected chi connectivity index (χ4v) is 19.0. The van der Waals surface area contributed by atoms with Crippen molar-refractivity contribution in [1.29, 1.82) is 0 Å². The van der Waals surface area contributed by atoms with Crippen LogP contribution in [-0.4, -0.2) is 21.7 Å². The van der Waals surface area contributed by atoms with Gasteiger partial charge in [-0.1, -0.05) is 262 Å². The van der Waals surface area contributed by atoms with Gasteiger partial charge in [0, 0.05) is 12.8 Å². The van der Waals surface area contributed by atoms with Crippen LogP contribution < -0.4 is 29.6 Å². The summed E-state index contributed by atoms with van der Waals surface area (Å²) >= 11 is 0. The molecule has 0 spiro atoms. The molecular formula is C64H78O3Si2. The van der Waals surface area contributed by atoms with Gasteiger partial charge in [0.15, 0.2) is 0 Å². The van der Waals surface area contributed by atoms with Crippen molar-refractivity contribution in [3.63, 3.8) is 0 Å². The van der Waals surface area contributed by atoms with Crippen LogP contribution in [0.2, 0.25) is 10.1 Å². The van der Waals surface area contributed by atoms with Gasteiger partial charge in [0.1, 0.15) is 17.2 Å². The van der Waals surface area contributed by atoms with Gasteiger partial charge < -0.3 is 14.0 Å². The van der Waals surface area contributed by atoms with Crippen LogP contribution in [0.1, 0.15) is 143 Å². The molecule has 0 radical (unpaired) electrons. The van der Waals surface area contributed by atoms with Crippen LogP contribution in [0.25, 0.3) is 0 Å². The average molecular weight is 951 g/mol. The van der Waals surface area contributed by atoms with E-state index in [4.69, 9.17) is 8.85 Å². The van der Waals surface area contributed by atoms with Gasteiger partial charge in [-0.15, -0.1) is 0 Å². The van der Waals surface area contributed by atoms with E-state index in [9.17, 15) is 5.11 Å². The van der Waals surface area contributed by atoms with E-state index in [1.165, 1.54) is 37.4 Å². The summed E-state index contributed by atoms with van der Waals surface area (Å²) in [6, 6.07) is 61.5. The van der Waals surface area contributed by atoms with Crippen LogP contribution in [0, 0.1) is 0 Å². The lowest BCUT2D eigenvalue weighted by molar-refractivity contribution is 0.460. The number of hydrogen-bond acceptors (Lipinski definition) is 3. The highest BCUT2D eigenvalue weighted by Crippen LogP contribution is 2.44. The lowest BCUT2D eigenvalue weighted by atomic mass is 9.81. The van der Waals surface area contributed by atoms with Gasteiger partial charge in [0.25, 0.3) is 0 Å². The van der Waals surface area contributed by atoms with Gasteiger partial charge in [0.05, 0.1) is 0 Å². The average Bonchev–Trinajstić information content (AvgIpc) is 3.28. The molecule has 0 aliphatic carbocycles. The predicted octanol–water partition coefficient (Wildman–Crippen LogP) is 14.3. The molecule has 7 aromatic carbocycles. The Balaban J connectivity index is 1.42. The summed E-state index contributed by atoms with van der Waals surface area (Å²) in [5.74, 6) is 2.04. The maximum Gasteiger partial charge on any atom is 0.319 e. The van der Waals surface area contributed by atoms with Gasteiger partial charge >= 0.3 is 16.6 Å². The van der Waals surface area contributed by atoms with E-state index in [-0.39, 0.29) is 26.3 Å². The molecule has 69 heavy (non-hydrogen) atoms. The van der Waals surface area contributed by atoms with Crippen LogP contribution in [0.4, 0.5) is 0 Å². The molecule has 360 valence electrons. The number of phenolic OH excluding ortho intramolecular Hbond substituents is 1. The Labute approximate surface area is 418 Å². The van der Waals surface area contributed by atoms with Crippen molar-refractivity contribution in [2.24, 2.45) is 0 Å². The summed E-state index contributed by atoms with van der Waals surface area (Å²) in [6.07, 6.45) is 0.987. The second-order valence-corrected chi connectivity index (χ2v) is 32.9. The fraction of sp³-hybridized carbons (Fsp3) is 0.344. The maximum atomic E-state index is 12.9. The molecule has 0 saturated heterocycles. The number of phenols is 1. The van der Waals surface area contributed by atoms with E-state index in [0.29, 0.717) is 18.6 Å². The standard InChI is InChI=1S/C64H78O3Si2/c1-60(2,3)50-36-38-57(66-68(63(10,11)12,53-28-20-16-21-29-53)54-30-22-17-23-31-54)46(42-50)40-48-44-52(62(7,8)9)45-49(59(48)65)41-47-43-51(61(4,5)6)37-39-58(47)67-69(64(13,14)15,55-32-24-18-25-33-55)56-34-26-19-27-35-56/h16-39,42-45,65H,40-41H2,1-15H3. The Kier molecular flexibility index (Phi) is 14.3. The van der Waals surface area contributed by atoms with Gasteiger partial charge in [-0.2, -0.15) is 0 Å². The summed E-state index contributed by atoms with van der Waals surface area (Å²) in [6.45, 7) is 34.4. The minimum atomic E-state index is -3.00. The van der Waals surface area contributed by atoms with Crippen molar-refractivity contribution < 1.29 is 14.0 Å². The topological polar surface area (TPSA) is 38.7 Å². The van der Waals surface area contributed by atoms with Gasteiger partial charge in [-0.05, 0) is 98.1 Å². The van der Waals surface area contributed by atoms with E-state index in [1.807, 2.05) is 0 Å². The number of rotatable bonds is 12. The van der Waals surface area contributed by atoms with Crippen molar-refractivity contribution in [1.82, 2.24) is 0 Å². The quantitative estimate of drug-likeness (QED) is 0.124. The minimum Gasteiger partial charge on any atom is -0.534 e. The highest BCUT2D eigenvalue weighted by molar-refractivity contribution is 7.00. The largest absolute Gasteiger partial charge is 0.534 e. The van der Waals surface area contributed by atoms with E-state index < -0.39 is 16.6 Å². The molecule has 0 atom stereocenters. The first-order chi connectivity index (χ1) is 32.3. The molecule has 3 nitrogen and oxygen atoms in total. The van der Waals surface area contributed by atoms with Gasteiger partial charge in [0.2, 0.25) is 0 Å². The zero-order valence-electron chi connectivity index (χ0n) is 44.3. The minimum absolute atomic E-state index is 0.106. The van der Waals surface area contributed by atoms with E-state index in [0.717, 1.165) is 33.8 Å². The normalized spacial score (nSPS) is 13.0. The summed E-state index contributed by atoms with van der Waals surface area (Å²) in [5.41, 5.74) is 7.12. The monoisotopic (exact) mass is 951 g/mol. The molecule has 5 heteroatoms. The van der Waals surface area contributed by atoms with Crippen molar-refractivity contribution >= 4 is 37.4 Å². The predicted molar refractivity (Wildman–Crippen MR) is 299 cm³/mol. The van der Waals surface area contributed by atoms with Crippen molar-refractivity contribution in [2.75, 3.05) is 0 Å². The van der Waals surface area contributed by atoms with Gasteiger partial charge in [-0.3, -0.25) is 0 Å². The SMILES string of the molecule is CC(C)(C)c1ccc(O[Si](c2ccccc2)(c2ccccc2)C(C)(C)C)c(Cc2cc(C(C)(C)C)cc(Cc3cc(C(C)(C)C)ccc3O[Si](c3ccccc3)(c3ccccc3)C(C)(C)C)c2O)c1.